The van der Waals surface area contributed by atoms with E-state index in [1.807, 2.05) is 43.3 Å². The van der Waals surface area contributed by atoms with Crippen LogP contribution in [0, 0.1) is 6.92 Å². The van der Waals surface area contributed by atoms with E-state index in [2.05, 4.69) is 21.2 Å². The molecule has 2 rings (SSSR count). The number of hydrogen-bond acceptors (Lipinski definition) is 2. The Balaban J connectivity index is 2.08. The number of nitrogen functional groups attached to an aromatic ring is 1. The van der Waals surface area contributed by atoms with Gasteiger partial charge in [-0.25, -0.2) is 0 Å². The third-order valence-electron chi connectivity index (χ3n) is 2.78. The zero-order valence-electron chi connectivity index (χ0n) is 10.6. The van der Waals surface area contributed by atoms with Crippen LogP contribution in [0.25, 0.3) is 0 Å². The van der Waals surface area contributed by atoms with Crippen LogP contribution < -0.4 is 11.1 Å². The van der Waals surface area contributed by atoms with Gasteiger partial charge in [0.2, 0.25) is 5.91 Å². The second kappa shape index (κ2) is 5.89. The van der Waals surface area contributed by atoms with Crippen molar-refractivity contribution in [1.82, 2.24) is 0 Å². The number of carbonyl (C=O) groups is 1. The molecule has 2 aromatic rings. The number of nitrogens with one attached hydrogen (secondary N) is 1. The van der Waals surface area contributed by atoms with Gasteiger partial charge in [0.1, 0.15) is 0 Å². The molecular formula is C15H15BrN2O. The van der Waals surface area contributed by atoms with Gasteiger partial charge in [-0.05, 0) is 52.2 Å². The van der Waals surface area contributed by atoms with Gasteiger partial charge in [-0.2, -0.15) is 0 Å². The van der Waals surface area contributed by atoms with Crippen molar-refractivity contribution in [2.75, 3.05) is 11.1 Å². The fraction of sp³-hybridized carbons (Fsp3) is 0.133. The van der Waals surface area contributed by atoms with Crippen LogP contribution in [0.15, 0.2) is 46.9 Å². The summed E-state index contributed by atoms with van der Waals surface area (Å²) in [6.45, 7) is 1.98. The number of aryl methyl sites for hydroxylation is 1. The van der Waals surface area contributed by atoms with Crippen LogP contribution in [0.5, 0.6) is 0 Å². The number of rotatable bonds is 3. The first-order valence-corrected chi connectivity index (χ1v) is 6.75. The van der Waals surface area contributed by atoms with E-state index < -0.39 is 0 Å². The zero-order valence-corrected chi connectivity index (χ0v) is 12.2. The van der Waals surface area contributed by atoms with E-state index in [1.165, 1.54) is 0 Å². The Hall–Kier alpha value is -1.81. The minimum atomic E-state index is -0.0584. The highest BCUT2D eigenvalue weighted by Gasteiger charge is 2.08. The fourth-order valence-electron chi connectivity index (χ4n) is 1.83. The fourth-order valence-corrected chi connectivity index (χ4v) is 2.19. The molecule has 0 aromatic heterocycles. The monoisotopic (exact) mass is 318 g/mol. The van der Waals surface area contributed by atoms with Crippen LogP contribution in [0.1, 0.15) is 11.1 Å². The van der Waals surface area contributed by atoms with Crippen molar-refractivity contribution in [3.8, 4) is 0 Å². The lowest BCUT2D eigenvalue weighted by molar-refractivity contribution is -0.115. The van der Waals surface area contributed by atoms with Gasteiger partial charge in [-0.15, -0.1) is 0 Å². The second-order valence-corrected chi connectivity index (χ2v) is 5.20. The van der Waals surface area contributed by atoms with E-state index in [0.717, 1.165) is 21.3 Å². The highest BCUT2D eigenvalue weighted by Crippen LogP contribution is 2.25. The second-order valence-electron chi connectivity index (χ2n) is 4.41. The predicted molar refractivity (Wildman–Crippen MR) is 82.1 cm³/mol. The van der Waals surface area contributed by atoms with Crippen molar-refractivity contribution in [2.24, 2.45) is 0 Å². The van der Waals surface area contributed by atoms with Gasteiger partial charge in [0, 0.05) is 10.2 Å². The normalized spacial score (nSPS) is 10.2. The molecule has 98 valence electrons. The van der Waals surface area contributed by atoms with E-state index in [9.17, 15) is 4.79 Å². The van der Waals surface area contributed by atoms with Crippen LogP contribution in [0.2, 0.25) is 0 Å². The van der Waals surface area contributed by atoms with Crippen LogP contribution in [0.4, 0.5) is 11.4 Å². The third kappa shape index (κ3) is 3.58. The van der Waals surface area contributed by atoms with Crippen LogP contribution in [0.3, 0.4) is 0 Å². The summed E-state index contributed by atoms with van der Waals surface area (Å²) in [7, 11) is 0. The van der Waals surface area contributed by atoms with Crippen molar-refractivity contribution in [2.45, 2.75) is 13.3 Å². The molecule has 0 aliphatic carbocycles. The lowest BCUT2D eigenvalue weighted by Crippen LogP contribution is -2.15. The molecule has 0 bridgehead atoms. The Morgan fingerprint density at radius 3 is 2.74 bits per heavy atom. The largest absolute Gasteiger partial charge is 0.399 e. The van der Waals surface area contributed by atoms with Crippen molar-refractivity contribution >= 4 is 33.2 Å². The lowest BCUT2D eigenvalue weighted by Gasteiger charge is -2.09. The summed E-state index contributed by atoms with van der Waals surface area (Å²) in [6, 6.07) is 13.1. The highest BCUT2D eigenvalue weighted by atomic mass is 79.9. The molecule has 0 fully saturated rings. The summed E-state index contributed by atoms with van der Waals surface area (Å²) in [4.78, 5) is 12.0. The van der Waals surface area contributed by atoms with E-state index in [1.54, 1.807) is 6.07 Å². The molecule has 3 N–H and O–H groups in total. The number of carbonyl (C=O) groups excluding carboxylic acids is 1. The minimum Gasteiger partial charge on any atom is -0.399 e. The van der Waals surface area contributed by atoms with E-state index in [0.29, 0.717) is 12.1 Å². The topological polar surface area (TPSA) is 55.1 Å². The average Bonchev–Trinajstić information content (AvgIpc) is 2.35. The quantitative estimate of drug-likeness (QED) is 0.851. The van der Waals surface area contributed by atoms with E-state index in [4.69, 9.17) is 5.73 Å². The lowest BCUT2D eigenvalue weighted by atomic mass is 10.1. The molecule has 3 nitrogen and oxygen atoms in total. The maximum absolute atomic E-state index is 12.0. The molecule has 0 unspecified atom stereocenters. The number of hydrogen-bond donors (Lipinski definition) is 2. The van der Waals surface area contributed by atoms with E-state index >= 15 is 0 Å². The Kier molecular flexibility index (Phi) is 4.22. The van der Waals surface area contributed by atoms with Crippen molar-refractivity contribution < 1.29 is 4.79 Å². The van der Waals surface area contributed by atoms with Gasteiger partial charge in [-0.1, -0.05) is 24.3 Å². The van der Waals surface area contributed by atoms with Crippen LogP contribution in [-0.2, 0) is 11.2 Å². The first-order valence-electron chi connectivity index (χ1n) is 5.95. The number of amides is 1. The van der Waals surface area contributed by atoms with Crippen LogP contribution in [-0.4, -0.2) is 5.91 Å². The van der Waals surface area contributed by atoms with Gasteiger partial charge in [0.05, 0.1) is 12.1 Å². The first kappa shape index (κ1) is 13.6. The number of halogens is 1. The van der Waals surface area contributed by atoms with Crippen LogP contribution >= 0.6 is 15.9 Å². The van der Waals surface area contributed by atoms with Crippen molar-refractivity contribution in [1.29, 1.82) is 0 Å². The Morgan fingerprint density at radius 1 is 1.26 bits per heavy atom. The number of anilines is 2. The summed E-state index contributed by atoms with van der Waals surface area (Å²) in [5, 5.41) is 2.89. The van der Waals surface area contributed by atoms with E-state index in [-0.39, 0.29) is 5.91 Å². The molecule has 0 saturated heterocycles. The molecule has 1 amide bonds. The molecule has 0 aliphatic heterocycles. The average molecular weight is 319 g/mol. The standard InChI is InChI=1S/C15H15BrN2O/c1-10-4-2-7-13(15(10)16)18-14(19)9-11-5-3-6-12(17)8-11/h2-8H,9,17H2,1H3,(H,18,19). The summed E-state index contributed by atoms with van der Waals surface area (Å²) in [6.07, 6.45) is 0.311. The van der Waals surface area contributed by atoms with Gasteiger partial charge >= 0.3 is 0 Å². The maximum atomic E-state index is 12.0. The van der Waals surface area contributed by atoms with Crippen molar-refractivity contribution in [3.05, 3.63) is 58.1 Å². The summed E-state index contributed by atoms with van der Waals surface area (Å²) in [5.41, 5.74) is 9.14. The summed E-state index contributed by atoms with van der Waals surface area (Å²) in [5.74, 6) is -0.0584. The van der Waals surface area contributed by atoms with Gasteiger partial charge in [-0.3, -0.25) is 4.79 Å². The Morgan fingerprint density at radius 2 is 2.00 bits per heavy atom. The SMILES string of the molecule is Cc1cccc(NC(=O)Cc2cccc(N)c2)c1Br. The van der Waals surface area contributed by atoms with Gasteiger partial charge < -0.3 is 11.1 Å². The zero-order chi connectivity index (χ0) is 13.8. The summed E-state index contributed by atoms with van der Waals surface area (Å²) < 4.78 is 0.913. The molecule has 0 saturated carbocycles. The number of benzene rings is 2. The van der Waals surface area contributed by atoms with Gasteiger partial charge in [0.25, 0.3) is 0 Å². The molecule has 0 spiro atoms. The van der Waals surface area contributed by atoms with Gasteiger partial charge in [0.15, 0.2) is 0 Å². The summed E-state index contributed by atoms with van der Waals surface area (Å²) >= 11 is 3.47. The molecule has 0 radical (unpaired) electrons. The molecular weight excluding hydrogens is 304 g/mol. The predicted octanol–water partition coefficient (Wildman–Crippen LogP) is 3.52. The maximum Gasteiger partial charge on any atom is 0.228 e. The molecule has 0 aliphatic rings. The first-order chi connectivity index (χ1) is 9.06. The molecule has 0 atom stereocenters. The third-order valence-corrected chi connectivity index (χ3v) is 3.83. The molecule has 2 aromatic carbocycles. The Bertz CT molecular complexity index is 611. The molecule has 19 heavy (non-hydrogen) atoms. The Labute approximate surface area is 121 Å². The highest BCUT2D eigenvalue weighted by molar-refractivity contribution is 9.10. The minimum absolute atomic E-state index is 0.0584. The number of nitrogens with two attached hydrogens (primary N) is 1. The smallest absolute Gasteiger partial charge is 0.228 e. The molecule has 4 heteroatoms. The van der Waals surface area contributed by atoms with Crippen molar-refractivity contribution in [3.63, 3.8) is 0 Å². The molecule has 0 heterocycles.